The smallest absolute Gasteiger partial charge is 0.0724 e. The molecular weight excluding hydrogens is 226 g/mol. The van der Waals surface area contributed by atoms with Gasteiger partial charge in [0.2, 0.25) is 0 Å². The van der Waals surface area contributed by atoms with E-state index >= 15 is 0 Å². The van der Waals surface area contributed by atoms with Crippen molar-refractivity contribution in [2.75, 3.05) is 20.3 Å². The lowest BCUT2D eigenvalue weighted by Gasteiger charge is -2.35. The summed E-state index contributed by atoms with van der Waals surface area (Å²) in [6.07, 6.45) is 10.6. The van der Waals surface area contributed by atoms with Crippen molar-refractivity contribution < 1.29 is 9.84 Å². The highest BCUT2D eigenvalue weighted by Crippen LogP contribution is 2.30. The molecule has 2 aliphatic carbocycles. The van der Waals surface area contributed by atoms with Crippen LogP contribution in [0.1, 0.15) is 51.4 Å². The summed E-state index contributed by atoms with van der Waals surface area (Å²) in [6, 6.07) is 0.532. The van der Waals surface area contributed by atoms with Crippen LogP contribution in [0.4, 0.5) is 0 Å². The summed E-state index contributed by atoms with van der Waals surface area (Å²) in [6.45, 7) is 1.43. The molecule has 2 saturated carbocycles. The Balaban J connectivity index is 1.78. The van der Waals surface area contributed by atoms with E-state index in [1.165, 1.54) is 51.4 Å². The van der Waals surface area contributed by atoms with Crippen molar-refractivity contribution in [1.82, 2.24) is 5.32 Å². The van der Waals surface area contributed by atoms with Gasteiger partial charge < -0.3 is 15.2 Å². The zero-order valence-corrected chi connectivity index (χ0v) is 11.7. The molecule has 0 aromatic rings. The largest absolute Gasteiger partial charge is 0.396 e. The van der Waals surface area contributed by atoms with Crippen molar-refractivity contribution in [3.63, 3.8) is 0 Å². The van der Waals surface area contributed by atoms with Crippen molar-refractivity contribution in [2.24, 2.45) is 11.8 Å². The maximum Gasteiger partial charge on any atom is 0.0724 e. The number of hydrogen-bond donors (Lipinski definition) is 2. The number of aliphatic hydroxyl groups is 1. The van der Waals surface area contributed by atoms with Crippen LogP contribution < -0.4 is 5.32 Å². The van der Waals surface area contributed by atoms with Crippen LogP contribution in [0.25, 0.3) is 0 Å². The van der Waals surface area contributed by atoms with Crippen LogP contribution in [0, 0.1) is 11.8 Å². The van der Waals surface area contributed by atoms with Gasteiger partial charge in [0.25, 0.3) is 0 Å². The molecule has 4 unspecified atom stereocenters. The van der Waals surface area contributed by atoms with Gasteiger partial charge in [-0.15, -0.1) is 0 Å². The molecule has 2 fully saturated rings. The molecule has 0 radical (unpaired) electrons. The molecule has 3 nitrogen and oxygen atoms in total. The zero-order chi connectivity index (χ0) is 12.8. The molecule has 2 aliphatic rings. The van der Waals surface area contributed by atoms with E-state index < -0.39 is 0 Å². The van der Waals surface area contributed by atoms with Crippen LogP contribution in [0.3, 0.4) is 0 Å². The Morgan fingerprint density at radius 3 is 2.39 bits per heavy atom. The first kappa shape index (κ1) is 14.3. The maximum absolute atomic E-state index is 9.44. The lowest BCUT2D eigenvalue weighted by atomic mass is 9.79. The molecule has 2 rings (SSSR count). The lowest BCUT2D eigenvalue weighted by Crippen LogP contribution is -2.46. The van der Waals surface area contributed by atoms with Crippen LogP contribution >= 0.6 is 0 Å². The molecule has 0 aliphatic heterocycles. The van der Waals surface area contributed by atoms with Crippen molar-refractivity contribution >= 4 is 0 Å². The highest BCUT2D eigenvalue weighted by Gasteiger charge is 2.28. The third-order valence-corrected chi connectivity index (χ3v) is 4.95. The molecule has 0 aromatic carbocycles. The van der Waals surface area contributed by atoms with Gasteiger partial charge in [-0.2, -0.15) is 0 Å². The summed E-state index contributed by atoms with van der Waals surface area (Å²) in [5.74, 6) is 1.19. The van der Waals surface area contributed by atoms with Gasteiger partial charge in [-0.3, -0.25) is 0 Å². The summed E-state index contributed by atoms with van der Waals surface area (Å²) in [5, 5.41) is 13.2. The molecular formula is C15H29NO2. The molecule has 0 aromatic heterocycles. The molecule has 106 valence electrons. The van der Waals surface area contributed by atoms with Gasteiger partial charge in [0, 0.05) is 19.8 Å². The van der Waals surface area contributed by atoms with Gasteiger partial charge in [0.15, 0.2) is 0 Å². The maximum atomic E-state index is 9.44. The third-order valence-electron chi connectivity index (χ3n) is 4.95. The fourth-order valence-corrected chi connectivity index (χ4v) is 3.71. The minimum Gasteiger partial charge on any atom is -0.396 e. The van der Waals surface area contributed by atoms with E-state index in [4.69, 9.17) is 4.74 Å². The molecule has 0 amide bonds. The van der Waals surface area contributed by atoms with Crippen LogP contribution in [-0.4, -0.2) is 37.5 Å². The summed E-state index contributed by atoms with van der Waals surface area (Å²) < 4.78 is 5.58. The Bertz CT molecular complexity index is 211. The van der Waals surface area contributed by atoms with Gasteiger partial charge in [0.1, 0.15) is 0 Å². The van der Waals surface area contributed by atoms with E-state index in [0.29, 0.717) is 30.6 Å². The van der Waals surface area contributed by atoms with E-state index in [2.05, 4.69) is 5.32 Å². The summed E-state index contributed by atoms with van der Waals surface area (Å²) in [5.41, 5.74) is 0. The second kappa shape index (κ2) is 7.46. The van der Waals surface area contributed by atoms with E-state index in [9.17, 15) is 5.11 Å². The molecule has 0 heterocycles. The molecule has 18 heavy (non-hydrogen) atoms. The molecule has 4 atom stereocenters. The number of hydrogen-bond acceptors (Lipinski definition) is 3. The average Bonchev–Trinajstić information content (AvgIpc) is 2.45. The second-order valence-corrected chi connectivity index (χ2v) is 6.06. The third kappa shape index (κ3) is 3.69. The summed E-state index contributed by atoms with van der Waals surface area (Å²) in [7, 11) is 1.84. The highest BCUT2D eigenvalue weighted by molar-refractivity contribution is 4.84. The Hall–Kier alpha value is -0.120. The Kier molecular flexibility index (Phi) is 5.93. The first-order chi connectivity index (χ1) is 8.85. The molecule has 3 heteroatoms. The number of rotatable bonds is 5. The highest BCUT2D eigenvalue weighted by atomic mass is 16.5. The minimum absolute atomic E-state index is 0.366. The number of aliphatic hydroxyl groups excluding tert-OH is 1. The molecule has 0 spiro atoms. The van der Waals surface area contributed by atoms with Crippen molar-refractivity contribution in [2.45, 2.75) is 63.5 Å². The van der Waals surface area contributed by atoms with Crippen molar-refractivity contribution in [1.29, 1.82) is 0 Å². The summed E-state index contributed by atoms with van der Waals surface area (Å²) >= 11 is 0. The summed E-state index contributed by atoms with van der Waals surface area (Å²) in [4.78, 5) is 0. The van der Waals surface area contributed by atoms with Crippen molar-refractivity contribution in [3.8, 4) is 0 Å². The predicted octanol–water partition coefficient (Wildman–Crippen LogP) is 2.33. The fraction of sp³-hybridized carbons (Fsp3) is 1.00. The Labute approximate surface area is 111 Å². The number of ether oxygens (including phenoxy) is 1. The zero-order valence-electron chi connectivity index (χ0n) is 11.7. The van der Waals surface area contributed by atoms with Crippen LogP contribution in [-0.2, 0) is 4.74 Å². The SMILES string of the molecule is COC1CCCCC1NCC1CCCCC1CO. The fourth-order valence-electron chi connectivity index (χ4n) is 3.71. The first-order valence-corrected chi connectivity index (χ1v) is 7.72. The second-order valence-electron chi connectivity index (χ2n) is 6.06. The molecule has 0 bridgehead atoms. The Morgan fingerprint density at radius 2 is 1.67 bits per heavy atom. The quantitative estimate of drug-likeness (QED) is 0.792. The van der Waals surface area contributed by atoms with Gasteiger partial charge in [-0.1, -0.05) is 25.7 Å². The van der Waals surface area contributed by atoms with Crippen LogP contribution in [0.15, 0.2) is 0 Å². The number of methoxy groups -OCH3 is 1. The topological polar surface area (TPSA) is 41.5 Å². The lowest BCUT2D eigenvalue weighted by molar-refractivity contribution is 0.0368. The van der Waals surface area contributed by atoms with Crippen LogP contribution in [0.2, 0.25) is 0 Å². The van der Waals surface area contributed by atoms with E-state index in [-0.39, 0.29) is 0 Å². The van der Waals surface area contributed by atoms with Crippen molar-refractivity contribution in [3.05, 3.63) is 0 Å². The monoisotopic (exact) mass is 255 g/mol. The first-order valence-electron chi connectivity index (χ1n) is 7.72. The minimum atomic E-state index is 0.366. The molecule has 2 N–H and O–H groups in total. The molecule has 0 saturated heterocycles. The Morgan fingerprint density at radius 1 is 1.00 bits per heavy atom. The average molecular weight is 255 g/mol. The van der Waals surface area contributed by atoms with E-state index in [1.54, 1.807) is 0 Å². The van der Waals surface area contributed by atoms with E-state index in [0.717, 1.165) is 6.54 Å². The van der Waals surface area contributed by atoms with E-state index in [1.807, 2.05) is 7.11 Å². The predicted molar refractivity (Wildman–Crippen MR) is 73.6 cm³/mol. The van der Waals surface area contributed by atoms with Gasteiger partial charge in [0.05, 0.1) is 6.10 Å². The van der Waals surface area contributed by atoms with Gasteiger partial charge in [-0.25, -0.2) is 0 Å². The van der Waals surface area contributed by atoms with Gasteiger partial charge in [-0.05, 0) is 44.1 Å². The van der Waals surface area contributed by atoms with Crippen LogP contribution in [0.5, 0.6) is 0 Å². The van der Waals surface area contributed by atoms with Gasteiger partial charge >= 0.3 is 0 Å². The standard InChI is InChI=1S/C15H29NO2/c1-18-15-9-5-4-8-14(15)16-10-12-6-2-3-7-13(12)11-17/h12-17H,2-11H2,1H3. The normalized spacial score (nSPS) is 37.7. The number of nitrogens with one attached hydrogen (secondary N) is 1.